The van der Waals surface area contributed by atoms with E-state index in [4.69, 9.17) is 0 Å². The van der Waals surface area contributed by atoms with E-state index in [1.54, 1.807) is 27.8 Å². The van der Waals surface area contributed by atoms with E-state index in [0.29, 0.717) is 36.2 Å². The maximum atomic E-state index is 13.5. The lowest BCUT2D eigenvalue weighted by Gasteiger charge is -2.23. The number of benzene rings is 2. The summed E-state index contributed by atoms with van der Waals surface area (Å²) in [5.74, 6) is 0.153. The smallest absolute Gasteiger partial charge is 0.317 e. The van der Waals surface area contributed by atoms with Crippen molar-refractivity contribution in [3.63, 3.8) is 0 Å². The third kappa shape index (κ3) is 7.67. The number of hydrogen-bond donors (Lipinski definition) is 2. The van der Waals surface area contributed by atoms with E-state index in [9.17, 15) is 14.0 Å². The fourth-order valence-electron chi connectivity index (χ4n) is 3.51. The number of urea groups is 1. The molecule has 0 atom stereocenters. The number of nitrogens with one attached hydrogen (secondary N) is 2. The van der Waals surface area contributed by atoms with Crippen LogP contribution in [-0.4, -0.2) is 46.3 Å². The molecule has 0 saturated carbocycles. The molecule has 0 bridgehead atoms. The number of carbonyl (C=O) groups is 2. The molecule has 0 spiro atoms. The quantitative estimate of drug-likeness (QED) is 0.358. The minimum absolute atomic E-state index is 0.0834. The van der Waals surface area contributed by atoms with Crippen molar-refractivity contribution in [1.82, 2.24) is 20.0 Å². The second-order valence-electron chi connectivity index (χ2n) is 8.91. The number of carbonyl (C=O) groups excluding carboxylic acids is 2. The molecule has 35 heavy (non-hydrogen) atoms. The zero-order chi connectivity index (χ0) is 25.2. The van der Waals surface area contributed by atoms with Crippen LogP contribution in [0.2, 0.25) is 0 Å². The molecule has 186 valence electrons. The summed E-state index contributed by atoms with van der Waals surface area (Å²) >= 11 is 0. The van der Waals surface area contributed by atoms with Gasteiger partial charge in [0, 0.05) is 24.7 Å². The van der Waals surface area contributed by atoms with Crippen LogP contribution in [-0.2, 0) is 4.79 Å². The van der Waals surface area contributed by atoms with E-state index in [1.165, 1.54) is 12.1 Å². The van der Waals surface area contributed by atoms with Gasteiger partial charge in [0.15, 0.2) is 0 Å². The van der Waals surface area contributed by atoms with Crippen LogP contribution in [0.1, 0.15) is 40.0 Å². The summed E-state index contributed by atoms with van der Waals surface area (Å²) in [5.41, 5.74) is 2.16. The molecule has 2 aromatic carbocycles. The van der Waals surface area contributed by atoms with Gasteiger partial charge >= 0.3 is 6.03 Å². The van der Waals surface area contributed by atoms with Gasteiger partial charge in [-0.15, -0.1) is 0 Å². The van der Waals surface area contributed by atoms with Crippen molar-refractivity contribution in [3.8, 4) is 16.9 Å². The van der Waals surface area contributed by atoms with Crippen molar-refractivity contribution in [2.75, 3.05) is 25.0 Å². The largest absolute Gasteiger partial charge is 0.338 e. The van der Waals surface area contributed by atoms with Gasteiger partial charge in [0.05, 0.1) is 11.4 Å². The number of nitrogens with zero attached hydrogens (tertiary/aromatic N) is 3. The molecule has 0 aliphatic carbocycles. The van der Waals surface area contributed by atoms with Gasteiger partial charge in [0.25, 0.3) is 0 Å². The molecule has 0 fully saturated rings. The van der Waals surface area contributed by atoms with Gasteiger partial charge in [0.2, 0.25) is 5.91 Å². The molecule has 0 unspecified atom stereocenters. The summed E-state index contributed by atoms with van der Waals surface area (Å²) in [7, 11) is 0. The molecule has 0 aliphatic heterocycles. The van der Waals surface area contributed by atoms with E-state index in [-0.39, 0.29) is 24.3 Å². The lowest BCUT2D eigenvalue weighted by molar-refractivity contribution is -0.116. The zero-order valence-electron chi connectivity index (χ0n) is 20.6. The molecule has 1 aromatic heterocycles. The number of halogens is 1. The fourth-order valence-corrected chi connectivity index (χ4v) is 3.51. The van der Waals surface area contributed by atoms with Crippen molar-refractivity contribution >= 4 is 17.8 Å². The van der Waals surface area contributed by atoms with Crippen LogP contribution in [0.5, 0.6) is 0 Å². The second kappa shape index (κ2) is 12.7. The Morgan fingerprint density at radius 3 is 2.46 bits per heavy atom. The minimum Gasteiger partial charge on any atom is -0.338 e. The summed E-state index contributed by atoms with van der Waals surface area (Å²) in [5, 5.41) is 10.4. The Morgan fingerprint density at radius 2 is 1.80 bits per heavy atom. The predicted octanol–water partition coefficient (Wildman–Crippen LogP) is 5.47. The average Bonchev–Trinajstić information content (AvgIpc) is 3.26. The number of unbranched alkanes of at least 4 members (excludes halogenated alkanes) is 1. The van der Waals surface area contributed by atoms with Crippen molar-refractivity contribution in [3.05, 3.63) is 66.5 Å². The Labute approximate surface area is 206 Å². The topological polar surface area (TPSA) is 79.3 Å². The Hall–Kier alpha value is -3.68. The van der Waals surface area contributed by atoms with Crippen molar-refractivity contribution in [2.24, 2.45) is 5.92 Å². The van der Waals surface area contributed by atoms with Gasteiger partial charge in [-0.25, -0.2) is 13.9 Å². The van der Waals surface area contributed by atoms with E-state index in [1.807, 2.05) is 30.3 Å². The van der Waals surface area contributed by atoms with Gasteiger partial charge < -0.3 is 15.5 Å². The molecule has 0 radical (unpaired) electrons. The van der Waals surface area contributed by atoms with Crippen LogP contribution in [0.25, 0.3) is 16.9 Å². The van der Waals surface area contributed by atoms with E-state index >= 15 is 0 Å². The van der Waals surface area contributed by atoms with E-state index in [2.05, 4.69) is 36.5 Å². The Kier molecular flexibility index (Phi) is 9.40. The van der Waals surface area contributed by atoms with Gasteiger partial charge in [0.1, 0.15) is 18.2 Å². The highest BCUT2D eigenvalue weighted by Gasteiger charge is 2.19. The molecule has 8 heteroatoms. The monoisotopic (exact) mass is 479 g/mol. The minimum atomic E-state index is -0.357. The van der Waals surface area contributed by atoms with Gasteiger partial charge in [-0.2, -0.15) is 5.10 Å². The van der Waals surface area contributed by atoms with Crippen molar-refractivity contribution in [2.45, 2.75) is 40.0 Å². The third-order valence-electron chi connectivity index (χ3n) is 5.52. The molecule has 0 saturated heterocycles. The number of aromatic nitrogens is 2. The number of anilines is 1. The Morgan fingerprint density at radius 1 is 1.09 bits per heavy atom. The molecule has 7 nitrogen and oxygen atoms in total. The normalized spacial score (nSPS) is 10.9. The first kappa shape index (κ1) is 25.9. The molecule has 3 amide bonds. The third-order valence-corrected chi connectivity index (χ3v) is 5.52. The predicted molar refractivity (Wildman–Crippen MR) is 137 cm³/mol. The van der Waals surface area contributed by atoms with Crippen LogP contribution in [0.3, 0.4) is 0 Å². The molecular weight excluding hydrogens is 445 g/mol. The summed E-state index contributed by atoms with van der Waals surface area (Å²) in [4.78, 5) is 27.3. The number of hydrogen-bond acceptors (Lipinski definition) is 3. The van der Waals surface area contributed by atoms with Gasteiger partial charge in [-0.3, -0.25) is 4.79 Å². The average molecular weight is 480 g/mol. The lowest BCUT2D eigenvalue weighted by atomic mass is 10.1. The fraction of sp³-hybridized carbons (Fsp3) is 0.370. The maximum absolute atomic E-state index is 13.5. The number of rotatable bonds is 11. The van der Waals surface area contributed by atoms with Crippen molar-refractivity contribution in [1.29, 1.82) is 0 Å². The SMILES string of the molecule is CCCCNC(=O)N(CCC(C)C)CC(=O)Nc1cc(-c2ccccc2)nn1-c1ccc(F)cc1. The first-order valence-corrected chi connectivity index (χ1v) is 12.1. The highest BCUT2D eigenvalue weighted by atomic mass is 19.1. The number of amides is 3. The molecule has 3 rings (SSSR count). The van der Waals surface area contributed by atoms with Crippen LogP contribution in [0.4, 0.5) is 15.0 Å². The maximum Gasteiger partial charge on any atom is 0.317 e. The molecule has 1 heterocycles. The van der Waals surface area contributed by atoms with E-state index < -0.39 is 0 Å². The summed E-state index contributed by atoms with van der Waals surface area (Å²) in [6, 6.07) is 17.0. The Bertz CT molecular complexity index is 1100. The summed E-state index contributed by atoms with van der Waals surface area (Å²) in [6.45, 7) is 7.20. The van der Waals surface area contributed by atoms with Gasteiger partial charge in [-0.1, -0.05) is 57.5 Å². The van der Waals surface area contributed by atoms with Gasteiger partial charge in [-0.05, 0) is 43.0 Å². The molecular formula is C27H34FN5O2. The van der Waals surface area contributed by atoms with E-state index in [0.717, 1.165) is 24.8 Å². The standard InChI is InChI=1S/C27H34FN5O2/c1-4-5-16-29-27(35)32(17-15-20(2)3)19-26(34)30-25-18-24(21-9-7-6-8-10-21)31-33(25)23-13-11-22(28)12-14-23/h6-14,18,20H,4-5,15-17,19H2,1-3H3,(H,29,35)(H,30,34). The summed E-state index contributed by atoms with van der Waals surface area (Å²) < 4.78 is 15.1. The zero-order valence-corrected chi connectivity index (χ0v) is 20.6. The van der Waals surface area contributed by atoms with Crippen LogP contribution < -0.4 is 10.6 Å². The Balaban J connectivity index is 1.81. The second-order valence-corrected chi connectivity index (χ2v) is 8.91. The van der Waals surface area contributed by atoms with Crippen LogP contribution in [0.15, 0.2) is 60.7 Å². The molecule has 3 aromatic rings. The van der Waals surface area contributed by atoms with Crippen LogP contribution in [0, 0.1) is 11.7 Å². The molecule has 2 N–H and O–H groups in total. The highest BCUT2D eigenvalue weighted by Crippen LogP contribution is 2.25. The molecule has 0 aliphatic rings. The first-order valence-electron chi connectivity index (χ1n) is 12.1. The highest BCUT2D eigenvalue weighted by molar-refractivity contribution is 5.94. The summed E-state index contributed by atoms with van der Waals surface area (Å²) in [6.07, 6.45) is 2.65. The van der Waals surface area contributed by atoms with Crippen LogP contribution >= 0.6 is 0 Å². The lowest BCUT2D eigenvalue weighted by Crippen LogP contribution is -2.45. The van der Waals surface area contributed by atoms with Crippen molar-refractivity contribution < 1.29 is 14.0 Å². The first-order chi connectivity index (χ1) is 16.9.